The van der Waals surface area contributed by atoms with Gasteiger partial charge in [0.05, 0.1) is 4.90 Å². The van der Waals surface area contributed by atoms with Crippen molar-refractivity contribution in [1.29, 1.82) is 0 Å². The molecule has 1 aliphatic heterocycles. The molecule has 0 atom stereocenters. The lowest BCUT2D eigenvalue weighted by atomic mass is 10.0. The van der Waals surface area contributed by atoms with Crippen molar-refractivity contribution < 1.29 is 13.2 Å². The molecule has 5 nitrogen and oxygen atoms in total. The van der Waals surface area contributed by atoms with E-state index in [-0.39, 0.29) is 5.91 Å². The van der Waals surface area contributed by atoms with Crippen molar-refractivity contribution in [2.45, 2.75) is 24.7 Å². The van der Waals surface area contributed by atoms with Crippen molar-refractivity contribution in [1.82, 2.24) is 9.21 Å². The number of piperazine rings is 1. The predicted molar refractivity (Wildman–Crippen MR) is 111 cm³/mol. The number of carbonyl (C=O) groups is 1. The molecule has 0 saturated carbocycles. The van der Waals surface area contributed by atoms with Gasteiger partial charge >= 0.3 is 0 Å². The maximum Gasteiger partial charge on any atom is 0.246 e. The molecule has 1 heterocycles. The summed E-state index contributed by atoms with van der Waals surface area (Å²) in [7, 11) is -3.50. The van der Waals surface area contributed by atoms with Crippen LogP contribution in [0.4, 0.5) is 0 Å². The molecule has 1 aliphatic rings. The van der Waals surface area contributed by atoms with Crippen LogP contribution in [0, 0.1) is 0 Å². The number of sulfonamides is 1. The third kappa shape index (κ3) is 4.69. The lowest BCUT2D eigenvalue weighted by Crippen LogP contribution is -2.50. The molecule has 6 heteroatoms. The Morgan fingerprint density at radius 1 is 0.929 bits per heavy atom. The second-order valence-electron chi connectivity index (χ2n) is 7.20. The maximum atomic E-state index is 12.7. The van der Waals surface area contributed by atoms with Gasteiger partial charge in [-0.15, -0.1) is 0 Å². The molecule has 0 unspecified atom stereocenters. The monoisotopic (exact) mass is 398 g/mol. The normalized spacial score (nSPS) is 16.0. The smallest absolute Gasteiger partial charge is 0.246 e. The van der Waals surface area contributed by atoms with E-state index < -0.39 is 10.0 Å². The van der Waals surface area contributed by atoms with E-state index in [1.165, 1.54) is 9.87 Å². The summed E-state index contributed by atoms with van der Waals surface area (Å²) >= 11 is 0. The summed E-state index contributed by atoms with van der Waals surface area (Å²) in [5.41, 5.74) is 2.24. The van der Waals surface area contributed by atoms with Gasteiger partial charge in [-0.3, -0.25) is 4.79 Å². The van der Waals surface area contributed by atoms with Gasteiger partial charge in [0, 0.05) is 32.3 Å². The molecular weight excluding hydrogens is 372 g/mol. The van der Waals surface area contributed by atoms with E-state index in [0.717, 1.165) is 5.56 Å². The highest BCUT2D eigenvalue weighted by Crippen LogP contribution is 2.18. The maximum absolute atomic E-state index is 12.7. The second kappa shape index (κ2) is 8.71. The van der Waals surface area contributed by atoms with Gasteiger partial charge in [0.15, 0.2) is 0 Å². The Bertz CT molecular complexity index is 928. The molecular formula is C22H26N2O3S. The van der Waals surface area contributed by atoms with Crippen LogP contribution in [0.5, 0.6) is 0 Å². The SMILES string of the molecule is CC(C)c1ccc(/C=C/C(=O)N2CCN(S(=O)(=O)c3ccccc3)CC2)cc1. The average Bonchev–Trinajstić information content (AvgIpc) is 2.73. The van der Waals surface area contributed by atoms with Gasteiger partial charge in [0.2, 0.25) is 15.9 Å². The zero-order valence-electron chi connectivity index (χ0n) is 16.3. The minimum absolute atomic E-state index is 0.0929. The lowest BCUT2D eigenvalue weighted by Gasteiger charge is -2.33. The van der Waals surface area contributed by atoms with Crippen LogP contribution < -0.4 is 0 Å². The summed E-state index contributed by atoms with van der Waals surface area (Å²) in [6.07, 6.45) is 3.37. The van der Waals surface area contributed by atoms with Gasteiger partial charge in [-0.1, -0.05) is 56.3 Å². The van der Waals surface area contributed by atoms with E-state index >= 15 is 0 Å². The molecule has 2 aromatic rings. The fourth-order valence-electron chi connectivity index (χ4n) is 3.16. The van der Waals surface area contributed by atoms with E-state index in [0.29, 0.717) is 37.0 Å². The molecule has 3 rings (SSSR count). The van der Waals surface area contributed by atoms with E-state index in [1.807, 2.05) is 12.1 Å². The van der Waals surface area contributed by atoms with Crippen molar-refractivity contribution >= 4 is 22.0 Å². The molecule has 28 heavy (non-hydrogen) atoms. The first kappa shape index (κ1) is 20.3. The van der Waals surface area contributed by atoms with Crippen molar-refractivity contribution in [2.75, 3.05) is 26.2 Å². The van der Waals surface area contributed by atoms with Gasteiger partial charge in [0.25, 0.3) is 0 Å². The summed E-state index contributed by atoms with van der Waals surface area (Å²) in [6, 6.07) is 16.6. The first-order valence-electron chi connectivity index (χ1n) is 9.50. The number of hydrogen-bond donors (Lipinski definition) is 0. The fourth-order valence-corrected chi connectivity index (χ4v) is 4.60. The third-order valence-corrected chi connectivity index (χ3v) is 6.87. The Balaban J connectivity index is 1.58. The molecule has 0 aliphatic carbocycles. The summed E-state index contributed by atoms with van der Waals surface area (Å²) in [4.78, 5) is 14.4. The number of rotatable bonds is 5. The topological polar surface area (TPSA) is 57.7 Å². The molecule has 1 fully saturated rings. The Hall–Kier alpha value is -2.44. The lowest BCUT2D eigenvalue weighted by molar-refractivity contribution is -0.127. The molecule has 0 aromatic heterocycles. The van der Waals surface area contributed by atoms with Crippen molar-refractivity contribution in [3.63, 3.8) is 0 Å². The van der Waals surface area contributed by atoms with Gasteiger partial charge in [0.1, 0.15) is 0 Å². The number of carbonyl (C=O) groups excluding carboxylic acids is 1. The van der Waals surface area contributed by atoms with Crippen molar-refractivity contribution in [3.8, 4) is 0 Å². The van der Waals surface area contributed by atoms with E-state index in [9.17, 15) is 13.2 Å². The van der Waals surface area contributed by atoms with Gasteiger partial charge in [-0.2, -0.15) is 4.31 Å². The molecule has 1 amide bonds. The zero-order valence-corrected chi connectivity index (χ0v) is 17.1. The Morgan fingerprint density at radius 2 is 1.54 bits per heavy atom. The van der Waals surface area contributed by atoms with Crippen LogP contribution in [0.3, 0.4) is 0 Å². The molecule has 148 valence electrons. The summed E-state index contributed by atoms with van der Waals surface area (Å²) in [5, 5.41) is 0. The molecule has 0 bridgehead atoms. The second-order valence-corrected chi connectivity index (χ2v) is 9.14. The van der Waals surface area contributed by atoms with E-state index in [4.69, 9.17) is 0 Å². The van der Waals surface area contributed by atoms with Crippen LogP contribution in [0.1, 0.15) is 30.9 Å². The van der Waals surface area contributed by atoms with Gasteiger partial charge in [-0.05, 0) is 35.3 Å². The summed E-state index contributed by atoms with van der Waals surface area (Å²) < 4.78 is 26.8. The Labute approximate surface area is 167 Å². The summed E-state index contributed by atoms with van der Waals surface area (Å²) in [6.45, 7) is 5.68. The number of hydrogen-bond acceptors (Lipinski definition) is 3. The zero-order chi connectivity index (χ0) is 20.1. The number of nitrogens with zero attached hydrogens (tertiary/aromatic N) is 2. The van der Waals surface area contributed by atoms with E-state index in [1.54, 1.807) is 47.4 Å². The first-order chi connectivity index (χ1) is 13.4. The highest BCUT2D eigenvalue weighted by molar-refractivity contribution is 7.89. The molecule has 1 saturated heterocycles. The van der Waals surface area contributed by atoms with Crippen LogP contribution in [0.15, 0.2) is 65.6 Å². The van der Waals surface area contributed by atoms with Gasteiger partial charge < -0.3 is 4.90 Å². The molecule has 0 radical (unpaired) electrons. The van der Waals surface area contributed by atoms with Crippen LogP contribution in [0.25, 0.3) is 6.08 Å². The fraction of sp³-hybridized carbons (Fsp3) is 0.318. The van der Waals surface area contributed by atoms with Crippen LogP contribution in [-0.4, -0.2) is 49.7 Å². The Kier molecular flexibility index (Phi) is 6.31. The van der Waals surface area contributed by atoms with Crippen molar-refractivity contribution in [2.24, 2.45) is 0 Å². The summed E-state index contributed by atoms with van der Waals surface area (Å²) in [5.74, 6) is 0.382. The molecule has 0 spiro atoms. The molecule has 0 N–H and O–H groups in total. The van der Waals surface area contributed by atoms with Crippen LogP contribution in [0.2, 0.25) is 0 Å². The predicted octanol–water partition coefficient (Wildman–Crippen LogP) is 3.36. The van der Waals surface area contributed by atoms with Gasteiger partial charge in [-0.25, -0.2) is 8.42 Å². The number of benzene rings is 2. The largest absolute Gasteiger partial charge is 0.337 e. The quantitative estimate of drug-likeness (QED) is 0.726. The van der Waals surface area contributed by atoms with E-state index in [2.05, 4.69) is 26.0 Å². The van der Waals surface area contributed by atoms with Crippen LogP contribution in [-0.2, 0) is 14.8 Å². The molecule has 2 aromatic carbocycles. The first-order valence-corrected chi connectivity index (χ1v) is 10.9. The van der Waals surface area contributed by atoms with Crippen molar-refractivity contribution in [3.05, 3.63) is 71.8 Å². The average molecular weight is 399 g/mol. The Morgan fingerprint density at radius 3 is 2.11 bits per heavy atom. The van der Waals surface area contributed by atoms with Crippen LogP contribution >= 0.6 is 0 Å². The highest BCUT2D eigenvalue weighted by Gasteiger charge is 2.29. The standard InChI is InChI=1S/C22H26N2O3S/c1-18(2)20-11-8-19(9-12-20)10-13-22(25)23-14-16-24(17-15-23)28(26,27)21-6-4-3-5-7-21/h3-13,18H,14-17H2,1-2H3/b13-10+. The minimum atomic E-state index is -3.50. The number of amides is 1. The third-order valence-electron chi connectivity index (χ3n) is 4.95. The highest BCUT2D eigenvalue weighted by atomic mass is 32.2. The minimum Gasteiger partial charge on any atom is -0.337 e.